The van der Waals surface area contributed by atoms with Crippen LogP contribution in [0.4, 0.5) is 0 Å². The third-order valence-electron chi connectivity index (χ3n) is 1.61. The quantitative estimate of drug-likeness (QED) is 0.418. The second-order valence-electron chi connectivity index (χ2n) is 2.92. The fourth-order valence-electron chi connectivity index (χ4n) is 0.731. The van der Waals surface area contributed by atoms with E-state index in [0.717, 1.165) is 12.8 Å². The van der Waals surface area contributed by atoms with Crippen molar-refractivity contribution in [3.05, 3.63) is 0 Å². The molecule has 3 N–H and O–H groups in total. The standard InChI is InChI=1S/C9H19NO4/c1-2-3-4-13-5-6-14-9(12)8(10)7-11/h8,11H,2-7,10H2,1H3/t8-/m0/s1. The molecule has 0 saturated carbocycles. The van der Waals surface area contributed by atoms with Gasteiger partial charge in [-0.3, -0.25) is 4.79 Å². The molecule has 0 aliphatic heterocycles. The molecule has 0 bridgehead atoms. The van der Waals surface area contributed by atoms with Crippen molar-refractivity contribution in [2.75, 3.05) is 26.4 Å². The van der Waals surface area contributed by atoms with Crippen LogP contribution in [-0.4, -0.2) is 43.5 Å². The zero-order valence-electron chi connectivity index (χ0n) is 8.57. The highest BCUT2D eigenvalue weighted by atomic mass is 16.6. The fraction of sp³-hybridized carbons (Fsp3) is 0.889. The molecule has 0 aromatic rings. The Hall–Kier alpha value is -0.650. The van der Waals surface area contributed by atoms with Gasteiger partial charge in [0.1, 0.15) is 12.6 Å². The molecule has 0 radical (unpaired) electrons. The van der Waals surface area contributed by atoms with Gasteiger partial charge in [-0.05, 0) is 6.42 Å². The predicted molar refractivity (Wildman–Crippen MR) is 51.7 cm³/mol. The third-order valence-corrected chi connectivity index (χ3v) is 1.61. The highest BCUT2D eigenvalue weighted by Crippen LogP contribution is 1.89. The van der Waals surface area contributed by atoms with Crippen molar-refractivity contribution in [2.24, 2.45) is 5.73 Å². The Labute approximate surface area is 84.2 Å². The van der Waals surface area contributed by atoms with E-state index in [2.05, 4.69) is 6.92 Å². The van der Waals surface area contributed by atoms with Crippen LogP contribution in [0.15, 0.2) is 0 Å². The molecule has 14 heavy (non-hydrogen) atoms. The molecule has 5 nitrogen and oxygen atoms in total. The van der Waals surface area contributed by atoms with E-state index in [-0.39, 0.29) is 6.61 Å². The molecule has 84 valence electrons. The molecule has 0 unspecified atom stereocenters. The fourth-order valence-corrected chi connectivity index (χ4v) is 0.731. The van der Waals surface area contributed by atoms with Crippen LogP contribution in [0.2, 0.25) is 0 Å². The second kappa shape index (κ2) is 8.93. The van der Waals surface area contributed by atoms with E-state index in [1.165, 1.54) is 0 Å². The van der Waals surface area contributed by atoms with Gasteiger partial charge < -0.3 is 20.3 Å². The zero-order valence-corrected chi connectivity index (χ0v) is 8.57. The maximum atomic E-state index is 10.9. The number of hydrogen-bond donors (Lipinski definition) is 2. The number of aliphatic hydroxyl groups is 1. The Bertz CT molecular complexity index is 152. The summed E-state index contributed by atoms with van der Waals surface area (Å²) in [6, 6.07) is -0.939. The summed E-state index contributed by atoms with van der Waals surface area (Å²) < 4.78 is 9.88. The Balaban J connectivity index is 3.23. The number of hydrogen-bond acceptors (Lipinski definition) is 5. The van der Waals surface area contributed by atoms with Gasteiger partial charge in [0.15, 0.2) is 0 Å². The predicted octanol–water partition coefficient (Wildman–Crippen LogP) is -0.334. The van der Waals surface area contributed by atoms with Gasteiger partial charge in [0.25, 0.3) is 0 Å². The van der Waals surface area contributed by atoms with E-state index in [1.54, 1.807) is 0 Å². The van der Waals surface area contributed by atoms with Crippen molar-refractivity contribution < 1.29 is 19.4 Å². The molecule has 0 rings (SSSR count). The van der Waals surface area contributed by atoms with Gasteiger partial charge >= 0.3 is 5.97 Å². The number of unbranched alkanes of at least 4 members (excludes halogenated alkanes) is 1. The van der Waals surface area contributed by atoms with Crippen molar-refractivity contribution in [3.8, 4) is 0 Å². The summed E-state index contributed by atoms with van der Waals surface area (Å²) in [6.45, 7) is 2.93. The van der Waals surface area contributed by atoms with Gasteiger partial charge in [0, 0.05) is 6.61 Å². The van der Waals surface area contributed by atoms with Crippen LogP contribution in [0.5, 0.6) is 0 Å². The topological polar surface area (TPSA) is 81.8 Å². The average molecular weight is 205 g/mol. The monoisotopic (exact) mass is 205 g/mol. The highest BCUT2D eigenvalue weighted by molar-refractivity contribution is 5.75. The summed E-state index contributed by atoms with van der Waals surface area (Å²) in [7, 11) is 0. The molecule has 0 aromatic carbocycles. The second-order valence-corrected chi connectivity index (χ2v) is 2.92. The van der Waals surface area contributed by atoms with Crippen LogP contribution in [0.3, 0.4) is 0 Å². The molecule has 0 heterocycles. The van der Waals surface area contributed by atoms with Gasteiger partial charge in [0.05, 0.1) is 13.2 Å². The van der Waals surface area contributed by atoms with Crippen LogP contribution in [0, 0.1) is 0 Å². The number of aliphatic hydroxyl groups excluding tert-OH is 1. The normalized spacial score (nSPS) is 12.5. The average Bonchev–Trinajstić information content (AvgIpc) is 2.21. The number of carbonyl (C=O) groups is 1. The van der Waals surface area contributed by atoms with Crippen molar-refractivity contribution in [3.63, 3.8) is 0 Å². The maximum absolute atomic E-state index is 10.9. The van der Waals surface area contributed by atoms with Crippen molar-refractivity contribution in [2.45, 2.75) is 25.8 Å². The van der Waals surface area contributed by atoms with Gasteiger partial charge in [0.2, 0.25) is 0 Å². The smallest absolute Gasteiger partial charge is 0.325 e. The summed E-state index contributed by atoms with van der Waals surface area (Å²) >= 11 is 0. The minimum atomic E-state index is -0.939. The minimum Gasteiger partial charge on any atom is -0.462 e. The van der Waals surface area contributed by atoms with Crippen LogP contribution in [0.1, 0.15) is 19.8 Å². The molecule has 0 fully saturated rings. The Morgan fingerprint density at radius 1 is 1.43 bits per heavy atom. The lowest BCUT2D eigenvalue weighted by molar-refractivity contribution is -0.147. The van der Waals surface area contributed by atoms with Crippen molar-refractivity contribution in [1.82, 2.24) is 0 Å². The summed E-state index contributed by atoms with van der Waals surface area (Å²) in [5.41, 5.74) is 5.21. The van der Waals surface area contributed by atoms with Crippen molar-refractivity contribution >= 4 is 5.97 Å². The molecule has 1 atom stereocenters. The summed E-state index contributed by atoms with van der Waals surface area (Å²) in [4.78, 5) is 10.9. The first-order valence-corrected chi connectivity index (χ1v) is 4.83. The lowest BCUT2D eigenvalue weighted by Crippen LogP contribution is -2.36. The van der Waals surface area contributed by atoms with Crippen LogP contribution < -0.4 is 5.73 Å². The van der Waals surface area contributed by atoms with Gasteiger partial charge in [-0.25, -0.2) is 0 Å². The lowest BCUT2D eigenvalue weighted by atomic mass is 10.3. The highest BCUT2D eigenvalue weighted by Gasteiger charge is 2.12. The Morgan fingerprint density at radius 3 is 2.71 bits per heavy atom. The zero-order chi connectivity index (χ0) is 10.8. The number of esters is 1. The molecular weight excluding hydrogens is 186 g/mol. The van der Waals surface area contributed by atoms with E-state index in [1.807, 2.05) is 0 Å². The number of nitrogens with two attached hydrogens (primary N) is 1. The molecule has 0 amide bonds. The van der Waals surface area contributed by atoms with E-state index >= 15 is 0 Å². The first kappa shape index (κ1) is 13.4. The molecule has 0 aliphatic carbocycles. The summed E-state index contributed by atoms with van der Waals surface area (Å²) in [5, 5.41) is 8.52. The number of carbonyl (C=O) groups excluding carboxylic acids is 1. The minimum absolute atomic E-state index is 0.191. The Morgan fingerprint density at radius 2 is 2.14 bits per heavy atom. The maximum Gasteiger partial charge on any atom is 0.325 e. The molecule has 0 saturated heterocycles. The van der Waals surface area contributed by atoms with Gasteiger partial charge in [-0.1, -0.05) is 13.3 Å². The number of ether oxygens (including phenoxy) is 2. The first-order valence-electron chi connectivity index (χ1n) is 4.83. The first-order chi connectivity index (χ1) is 6.72. The van der Waals surface area contributed by atoms with E-state index in [9.17, 15) is 4.79 Å². The molecule has 5 heteroatoms. The van der Waals surface area contributed by atoms with Crippen LogP contribution in [-0.2, 0) is 14.3 Å². The van der Waals surface area contributed by atoms with E-state index in [0.29, 0.717) is 13.2 Å². The van der Waals surface area contributed by atoms with E-state index in [4.69, 9.17) is 20.3 Å². The third kappa shape index (κ3) is 6.82. The molecule has 0 aromatic heterocycles. The largest absolute Gasteiger partial charge is 0.462 e. The molecule has 0 spiro atoms. The molecule has 0 aliphatic rings. The lowest BCUT2D eigenvalue weighted by Gasteiger charge is -2.08. The number of rotatable bonds is 8. The summed E-state index contributed by atoms with van der Waals surface area (Å²) in [5.74, 6) is -0.591. The summed E-state index contributed by atoms with van der Waals surface area (Å²) in [6.07, 6.45) is 2.08. The van der Waals surface area contributed by atoms with Gasteiger partial charge in [-0.15, -0.1) is 0 Å². The van der Waals surface area contributed by atoms with Crippen LogP contribution in [0.25, 0.3) is 0 Å². The van der Waals surface area contributed by atoms with Crippen LogP contribution >= 0.6 is 0 Å². The van der Waals surface area contributed by atoms with Gasteiger partial charge in [-0.2, -0.15) is 0 Å². The Kier molecular flexibility index (Phi) is 8.51. The SMILES string of the molecule is CCCCOCCOC(=O)[C@@H](N)CO. The van der Waals surface area contributed by atoms with Crippen molar-refractivity contribution in [1.29, 1.82) is 0 Å². The van der Waals surface area contributed by atoms with E-state index < -0.39 is 18.6 Å². The molecular formula is C9H19NO4.